The summed E-state index contributed by atoms with van der Waals surface area (Å²) in [5, 5.41) is 0.978. The molecule has 186 valence electrons. The Morgan fingerprint density at radius 2 is 1.69 bits per heavy atom. The smallest absolute Gasteiger partial charge is 0.245 e. The Morgan fingerprint density at radius 1 is 0.886 bits per heavy atom. The summed E-state index contributed by atoms with van der Waals surface area (Å²) in [5.41, 5.74) is 8.57. The van der Waals surface area contributed by atoms with E-state index in [4.69, 9.17) is 28.9 Å². The van der Waals surface area contributed by atoms with Crippen molar-refractivity contribution in [2.75, 3.05) is 19.6 Å². The van der Waals surface area contributed by atoms with Crippen molar-refractivity contribution in [3.05, 3.63) is 69.7 Å². The zero-order valence-electron chi connectivity index (χ0n) is 19.8. The van der Waals surface area contributed by atoms with Crippen LogP contribution >= 0.6 is 23.2 Å². The number of rotatable bonds is 6. The van der Waals surface area contributed by atoms with Gasteiger partial charge in [0.15, 0.2) is 0 Å². The lowest BCUT2D eigenvalue weighted by Crippen LogP contribution is -2.50. The van der Waals surface area contributed by atoms with Crippen LogP contribution in [-0.4, -0.2) is 70.3 Å². The highest BCUT2D eigenvalue weighted by molar-refractivity contribution is 6.42. The first-order valence-electron chi connectivity index (χ1n) is 12.5. The molecule has 2 amide bonds. The molecule has 2 N–H and O–H groups in total. The van der Waals surface area contributed by atoms with E-state index in [2.05, 4.69) is 29.2 Å². The third kappa shape index (κ3) is 5.21. The zero-order valence-corrected chi connectivity index (χ0v) is 21.3. The second-order valence-corrected chi connectivity index (χ2v) is 10.8. The van der Waals surface area contributed by atoms with E-state index in [1.807, 2.05) is 21.9 Å². The predicted molar refractivity (Wildman–Crippen MR) is 138 cm³/mol. The van der Waals surface area contributed by atoms with E-state index in [1.54, 1.807) is 12.1 Å². The number of carbonyl (C=O) groups is 2. The number of likely N-dealkylation sites (tertiary alicyclic amines) is 1. The molecular formula is C27H32Cl2N4O2. The molecule has 3 aliphatic heterocycles. The average molecular weight is 515 g/mol. The van der Waals surface area contributed by atoms with Crippen LogP contribution in [0.4, 0.5) is 0 Å². The number of carbonyl (C=O) groups excluding carboxylic acids is 2. The molecule has 3 heterocycles. The van der Waals surface area contributed by atoms with Crippen molar-refractivity contribution in [3.63, 3.8) is 0 Å². The standard InChI is InChI=1S/C27H32Cl2N4O2/c28-22-9-7-19(14-23(22)29)16-31-12-11-24(26(31)34)32-13-10-21(8-6-18-4-2-1-3-5-18)33-17-20(30)15-25(33)27(32)35/h1-5,7,9,14,20-21,24-25H,6,8,10-13,15-17,30H2/t20-,21?,24+,25+/m1/s1. The van der Waals surface area contributed by atoms with Crippen LogP contribution in [0.1, 0.15) is 36.8 Å². The third-order valence-corrected chi connectivity index (χ3v) is 8.46. The summed E-state index contributed by atoms with van der Waals surface area (Å²) in [5.74, 6) is 0.0795. The van der Waals surface area contributed by atoms with Crippen LogP contribution in [0.2, 0.25) is 10.0 Å². The number of amides is 2. The molecule has 8 heteroatoms. The fourth-order valence-corrected chi connectivity index (χ4v) is 6.24. The number of nitrogens with two attached hydrogens (primary N) is 1. The molecule has 0 saturated carbocycles. The molecule has 0 aromatic heterocycles. The predicted octanol–water partition coefficient (Wildman–Crippen LogP) is 3.73. The highest BCUT2D eigenvalue weighted by Gasteiger charge is 2.47. The van der Waals surface area contributed by atoms with Crippen molar-refractivity contribution in [2.45, 2.75) is 62.8 Å². The molecule has 0 bridgehead atoms. The molecule has 3 aliphatic rings. The number of fused-ring (bicyclic) bond motifs is 1. The molecule has 0 radical (unpaired) electrons. The monoisotopic (exact) mass is 514 g/mol. The molecule has 5 rings (SSSR count). The maximum Gasteiger partial charge on any atom is 0.245 e. The van der Waals surface area contributed by atoms with Gasteiger partial charge in [-0.05, 0) is 55.4 Å². The van der Waals surface area contributed by atoms with E-state index in [0.29, 0.717) is 42.5 Å². The minimum absolute atomic E-state index is 0.00597. The van der Waals surface area contributed by atoms with Crippen molar-refractivity contribution >= 4 is 35.0 Å². The van der Waals surface area contributed by atoms with E-state index >= 15 is 0 Å². The van der Waals surface area contributed by atoms with Gasteiger partial charge in [-0.15, -0.1) is 0 Å². The van der Waals surface area contributed by atoms with Crippen molar-refractivity contribution in [2.24, 2.45) is 5.73 Å². The van der Waals surface area contributed by atoms with Crippen LogP contribution in [0, 0.1) is 0 Å². The maximum atomic E-state index is 13.7. The normalized spacial score (nSPS) is 27.4. The number of nitrogens with zero attached hydrogens (tertiary/aromatic N) is 3. The van der Waals surface area contributed by atoms with Crippen LogP contribution < -0.4 is 5.73 Å². The van der Waals surface area contributed by atoms with E-state index in [1.165, 1.54) is 5.56 Å². The second kappa shape index (κ2) is 10.5. The first-order valence-corrected chi connectivity index (χ1v) is 13.2. The Morgan fingerprint density at radius 3 is 2.46 bits per heavy atom. The van der Waals surface area contributed by atoms with Gasteiger partial charge in [-0.25, -0.2) is 0 Å². The van der Waals surface area contributed by atoms with E-state index in [-0.39, 0.29) is 29.9 Å². The first kappa shape index (κ1) is 24.6. The quantitative estimate of drug-likeness (QED) is 0.637. The number of halogens is 2. The van der Waals surface area contributed by atoms with Gasteiger partial charge in [0.1, 0.15) is 6.04 Å². The Bertz CT molecular complexity index is 1080. The SMILES string of the molecule is N[C@@H]1C[C@H]2C(=O)N([C@H]3CCN(Cc4ccc(Cl)c(Cl)c4)C3=O)CCC(CCc3ccccc3)N2C1. The molecule has 6 nitrogen and oxygen atoms in total. The van der Waals surface area contributed by atoms with Gasteiger partial charge >= 0.3 is 0 Å². The van der Waals surface area contributed by atoms with Gasteiger partial charge in [0.05, 0.1) is 16.1 Å². The van der Waals surface area contributed by atoms with Crippen molar-refractivity contribution < 1.29 is 9.59 Å². The Kier molecular flexibility index (Phi) is 7.35. The van der Waals surface area contributed by atoms with Crippen LogP contribution in [-0.2, 0) is 22.6 Å². The van der Waals surface area contributed by atoms with Gasteiger partial charge in [0, 0.05) is 38.3 Å². The number of hydrogen-bond acceptors (Lipinski definition) is 4. The third-order valence-electron chi connectivity index (χ3n) is 7.72. The lowest BCUT2D eigenvalue weighted by atomic mass is 10.0. The summed E-state index contributed by atoms with van der Waals surface area (Å²) < 4.78 is 0. The first-order chi connectivity index (χ1) is 16.9. The number of aryl methyl sites for hydroxylation is 1. The van der Waals surface area contributed by atoms with Crippen molar-refractivity contribution in [3.8, 4) is 0 Å². The molecule has 2 aromatic carbocycles. The lowest BCUT2D eigenvalue weighted by molar-refractivity contribution is -0.144. The summed E-state index contributed by atoms with van der Waals surface area (Å²) >= 11 is 12.2. The minimum Gasteiger partial charge on any atom is -0.336 e. The highest BCUT2D eigenvalue weighted by atomic mass is 35.5. The summed E-state index contributed by atoms with van der Waals surface area (Å²) in [4.78, 5) is 33.1. The summed E-state index contributed by atoms with van der Waals surface area (Å²) in [6.45, 7) is 2.44. The molecule has 35 heavy (non-hydrogen) atoms. The molecule has 4 atom stereocenters. The van der Waals surface area contributed by atoms with Gasteiger partial charge in [-0.2, -0.15) is 0 Å². The largest absolute Gasteiger partial charge is 0.336 e. The molecule has 2 aromatic rings. The number of hydrogen-bond donors (Lipinski definition) is 1. The van der Waals surface area contributed by atoms with Crippen LogP contribution in [0.25, 0.3) is 0 Å². The highest BCUT2D eigenvalue weighted by Crippen LogP contribution is 2.32. The maximum absolute atomic E-state index is 13.7. The average Bonchev–Trinajstić information content (AvgIpc) is 3.38. The molecule has 3 saturated heterocycles. The minimum atomic E-state index is -0.406. The molecular weight excluding hydrogens is 483 g/mol. The topological polar surface area (TPSA) is 69.9 Å². The fraction of sp³-hybridized carbons (Fsp3) is 0.481. The molecule has 1 unspecified atom stereocenters. The Hall–Kier alpha value is -2.12. The molecule has 3 fully saturated rings. The zero-order chi connectivity index (χ0) is 24.5. The number of benzene rings is 2. The van der Waals surface area contributed by atoms with E-state index < -0.39 is 6.04 Å². The van der Waals surface area contributed by atoms with Gasteiger partial charge < -0.3 is 15.5 Å². The van der Waals surface area contributed by atoms with Crippen molar-refractivity contribution in [1.29, 1.82) is 0 Å². The molecule has 0 aliphatic carbocycles. The lowest BCUT2D eigenvalue weighted by Gasteiger charge is -2.30. The fourth-order valence-electron chi connectivity index (χ4n) is 5.92. The van der Waals surface area contributed by atoms with Crippen LogP contribution in [0.15, 0.2) is 48.5 Å². The summed E-state index contributed by atoms with van der Waals surface area (Å²) in [6.07, 6.45) is 4.12. The van der Waals surface area contributed by atoms with Crippen molar-refractivity contribution in [1.82, 2.24) is 14.7 Å². The van der Waals surface area contributed by atoms with E-state index in [0.717, 1.165) is 31.4 Å². The van der Waals surface area contributed by atoms with Crippen LogP contribution in [0.5, 0.6) is 0 Å². The van der Waals surface area contributed by atoms with Crippen LogP contribution in [0.3, 0.4) is 0 Å². The molecule has 0 spiro atoms. The second-order valence-electron chi connectivity index (χ2n) is 10.0. The Labute approximate surface area is 216 Å². The van der Waals surface area contributed by atoms with Gasteiger partial charge in [-0.1, -0.05) is 59.6 Å². The van der Waals surface area contributed by atoms with E-state index in [9.17, 15) is 9.59 Å². The van der Waals surface area contributed by atoms with Gasteiger partial charge in [0.25, 0.3) is 0 Å². The Balaban J connectivity index is 1.28. The summed E-state index contributed by atoms with van der Waals surface area (Å²) in [6, 6.07) is 15.6. The van der Waals surface area contributed by atoms with Gasteiger partial charge in [-0.3, -0.25) is 14.5 Å². The summed E-state index contributed by atoms with van der Waals surface area (Å²) in [7, 11) is 0. The van der Waals surface area contributed by atoms with Gasteiger partial charge in [0.2, 0.25) is 11.8 Å².